The predicted molar refractivity (Wildman–Crippen MR) is 58.5 cm³/mol. The van der Waals surface area contributed by atoms with Gasteiger partial charge in [0.05, 0.1) is 18.8 Å². The molecule has 0 radical (unpaired) electrons. The van der Waals surface area contributed by atoms with Crippen LogP contribution in [0.15, 0.2) is 6.20 Å². The Hall–Kier alpha value is -1.96. The van der Waals surface area contributed by atoms with Crippen molar-refractivity contribution in [2.75, 3.05) is 13.6 Å². The molecule has 0 aliphatic carbocycles. The van der Waals surface area contributed by atoms with E-state index in [1.807, 2.05) is 0 Å². The molecule has 1 atom stereocenters. The number of hydrogen-bond acceptors (Lipinski definition) is 5. The number of carbonyl (C=O) groups excluding carboxylic acids is 1. The lowest BCUT2D eigenvalue weighted by Crippen LogP contribution is -2.41. The van der Waals surface area contributed by atoms with Crippen molar-refractivity contribution >= 4 is 11.9 Å². The van der Waals surface area contributed by atoms with Gasteiger partial charge in [0.1, 0.15) is 0 Å². The van der Waals surface area contributed by atoms with Crippen molar-refractivity contribution in [2.45, 2.75) is 19.5 Å². The molecule has 94 valence electrons. The molecule has 0 saturated carbocycles. The quantitative estimate of drug-likeness (QED) is 0.571. The van der Waals surface area contributed by atoms with Gasteiger partial charge in [0.2, 0.25) is 5.91 Å². The number of carbonyl (C=O) groups is 2. The summed E-state index contributed by atoms with van der Waals surface area (Å²) in [5.41, 5.74) is -0.0932. The van der Waals surface area contributed by atoms with E-state index >= 15 is 0 Å². The highest BCUT2D eigenvalue weighted by atomic mass is 16.4. The van der Waals surface area contributed by atoms with E-state index in [-0.39, 0.29) is 17.6 Å². The molecule has 1 unspecified atom stereocenters. The van der Waals surface area contributed by atoms with Crippen molar-refractivity contribution in [3.05, 3.63) is 11.9 Å². The minimum Gasteiger partial charge on any atom is -0.476 e. The molecule has 3 N–H and O–H groups in total. The summed E-state index contributed by atoms with van der Waals surface area (Å²) in [7, 11) is 1.57. The lowest BCUT2D eigenvalue weighted by molar-refractivity contribution is -0.122. The van der Waals surface area contributed by atoms with Crippen molar-refractivity contribution in [1.82, 2.24) is 25.6 Å². The van der Waals surface area contributed by atoms with Crippen molar-refractivity contribution in [1.29, 1.82) is 0 Å². The Bertz CT molecular complexity index is 403. The highest BCUT2D eigenvalue weighted by Gasteiger charge is 2.10. The minimum absolute atomic E-state index is 0.0932. The maximum absolute atomic E-state index is 11.2. The highest BCUT2D eigenvalue weighted by Crippen LogP contribution is 1.92. The molecule has 8 nitrogen and oxygen atoms in total. The van der Waals surface area contributed by atoms with Gasteiger partial charge in [0, 0.05) is 13.6 Å². The third-order valence-electron chi connectivity index (χ3n) is 2.19. The number of carboxylic acid groups (broad SMARTS) is 1. The van der Waals surface area contributed by atoms with E-state index in [0.29, 0.717) is 13.1 Å². The van der Waals surface area contributed by atoms with Crippen LogP contribution < -0.4 is 10.6 Å². The molecule has 8 heteroatoms. The molecule has 1 aromatic heterocycles. The van der Waals surface area contributed by atoms with E-state index < -0.39 is 5.97 Å². The Morgan fingerprint density at radius 3 is 2.82 bits per heavy atom. The van der Waals surface area contributed by atoms with Crippen LogP contribution in [0.1, 0.15) is 17.4 Å². The van der Waals surface area contributed by atoms with Crippen LogP contribution in [0, 0.1) is 0 Å². The molecule has 0 fully saturated rings. The van der Waals surface area contributed by atoms with Crippen LogP contribution in [0.2, 0.25) is 0 Å². The molecule has 0 spiro atoms. The Morgan fingerprint density at radius 2 is 2.29 bits per heavy atom. The Balaban J connectivity index is 2.35. The van der Waals surface area contributed by atoms with Crippen LogP contribution in [0.3, 0.4) is 0 Å². The monoisotopic (exact) mass is 241 g/mol. The van der Waals surface area contributed by atoms with Gasteiger partial charge < -0.3 is 15.7 Å². The average molecular weight is 241 g/mol. The molecule has 0 aromatic carbocycles. The summed E-state index contributed by atoms with van der Waals surface area (Å²) in [6.07, 6.45) is 1.34. The third kappa shape index (κ3) is 3.83. The lowest BCUT2D eigenvalue weighted by Gasteiger charge is -2.11. The molecule has 1 amide bonds. The number of aromatic nitrogens is 3. The predicted octanol–water partition coefficient (Wildman–Crippen LogP) is -1.30. The van der Waals surface area contributed by atoms with E-state index in [1.165, 1.54) is 10.9 Å². The van der Waals surface area contributed by atoms with Gasteiger partial charge in [0.25, 0.3) is 0 Å². The summed E-state index contributed by atoms with van der Waals surface area (Å²) in [5.74, 6) is -1.21. The summed E-state index contributed by atoms with van der Waals surface area (Å²) in [5, 5.41) is 21.2. The number of rotatable bonds is 6. The molecular formula is C9H15N5O3. The standard InChI is InChI=1S/C9H15N5O3/c1-6(8(15)10-2)11-3-4-14-5-7(9(16)17)12-13-14/h5-6,11H,3-4H2,1-2H3,(H,10,15)(H,16,17). The van der Waals surface area contributed by atoms with Crippen molar-refractivity contribution in [3.63, 3.8) is 0 Å². The number of nitrogens with zero attached hydrogens (tertiary/aromatic N) is 3. The second kappa shape index (κ2) is 5.94. The van der Waals surface area contributed by atoms with E-state index in [0.717, 1.165) is 0 Å². The van der Waals surface area contributed by atoms with Crippen molar-refractivity contribution in [2.24, 2.45) is 0 Å². The number of carboxylic acids is 1. The number of nitrogens with one attached hydrogen (secondary N) is 2. The van der Waals surface area contributed by atoms with Crippen LogP contribution in [0.25, 0.3) is 0 Å². The number of hydrogen-bond donors (Lipinski definition) is 3. The van der Waals surface area contributed by atoms with Gasteiger partial charge in [-0.1, -0.05) is 5.21 Å². The average Bonchev–Trinajstić information content (AvgIpc) is 2.76. The minimum atomic E-state index is -1.11. The SMILES string of the molecule is CNC(=O)C(C)NCCn1cc(C(=O)O)nn1. The normalized spacial score (nSPS) is 12.1. The first-order valence-corrected chi connectivity index (χ1v) is 5.13. The molecule has 1 rings (SSSR count). The fourth-order valence-electron chi connectivity index (χ4n) is 1.21. The summed E-state index contributed by atoms with van der Waals surface area (Å²) in [6, 6.07) is -0.303. The smallest absolute Gasteiger partial charge is 0.358 e. The summed E-state index contributed by atoms with van der Waals surface area (Å²) >= 11 is 0. The first kappa shape index (κ1) is 13.1. The molecule has 17 heavy (non-hydrogen) atoms. The van der Waals surface area contributed by atoms with Crippen LogP contribution in [-0.4, -0.2) is 51.6 Å². The molecule has 0 aliphatic rings. The molecule has 0 aliphatic heterocycles. The van der Waals surface area contributed by atoms with Gasteiger partial charge in [-0.2, -0.15) is 0 Å². The van der Waals surface area contributed by atoms with Gasteiger partial charge in [0.15, 0.2) is 5.69 Å². The Labute approximate surface area is 98.0 Å². The first-order valence-electron chi connectivity index (χ1n) is 5.13. The van der Waals surface area contributed by atoms with Crippen molar-refractivity contribution in [3.8, 4) is 0 Å². The second-order valence-electron chi connectivity index (χ2n) is 3.46. The van der Waals surface area contributed by atoms with Gasteiger partial charge >= 0.3 is 5.97 Å². The van der Waals surface area contributed by atoms with Crippen LogP contribution in [0.4, 0.5) is 0 Å². The van der Waals surface area contributed by atoms with Crippen LogP contribution in [0.5, 0.6) is 0 Å². The molecular weight excluding hydrogens is 226 g/mol. The van der Waals surface area contributed by atoms with Gasteiger partial charge in [-0.15, -0.1) is 5.10 Å². The zero-order chi connectivity index (χ0) is 12.8. The zero-order valence-corrected chi connectivity index (χ0v) is 9.67. The number of likely N-dealkylation sites (N-methyl/N-ethyl adjacent to an activating group) is 1. The van der Waals surface area contributed by atoms with E-state index in [1.54, 1.807) is 14.0 Å². The van der Waals surface area contributed by atoms with E-state index in [2.05, 4.69) is 20.9 Å². The zero-order valence-electron chi connectivity index (χ0n) is 9.67. The number of amides is 1. The largest absolute Gasteiger partial charge is 0.476 e. The van der Waals surface area contributed by atoms with Gasteiger partial charge in [-0.3, -0.25) is 9.48 Å². The topological polar surface area (TPSA) is 109 Å². The second-order valence-corrected chi connectivity index (χ2v) is 3.46. The summed E-state index contributed by atoms with van der Waals surface area (Å²) in [6.45, 7) is 2.68. The fourth-order valence-corrected chi connectivity index (χ4v) is 1.21. The Kier molecular flexibility index (Phi) is 4.58. The molecule has 1 heterocycles. The highest BCUT2D eigenvalue weighted by molar-refractivity contribution is 5.84. The Morgan fingerprint density at radius 1 is 1.59 bits per heavy atom. The maximum atomic E-state index is 11.2. The van der Waals surface area contributed by atoms with Crippen LogP contribution >= 0.6 is 0 Å². The van der Waals surface area contributed by atoms with Gasteiger partial charge in [-0.05, 0) is 6.92 Å². The molecule has 1 aromatic rings. The first-order chi connectivity index (χ1) is 8.04. The molecule has 0 bridgehead atoms. The fraction of sp³-hybridized carbons (Fsp3) is 0.556. The summed E-state index contributed by atoms with van der Waals surface area (Å²) in [4.78, 5) is 21.7. The van der Waals surface area contributed by atoms with Crippen LogP contribution in [-0.2, 0) is 11.3 Å². The molecule has 0 saturated heterocycles. The van der Waals surface area contributed by atoms with Gasteiger partial charge in [-0.25, -0.2) is 4.79 Å². The number of aromatic carboxylic acids is 1. The van der Waals surface area contributed by atoms with E-state index in [4.69, 9.17) is 5.11 Å². The van der Waals surface area contributed by atoms with E-state index in [9.17, 15) is 9.59 Å². The van der Waals surface area contributed by atoms with Crippen molar-refractivity contribution < 1.29 is 14.7 Å². The maximum Gasteiger partial charge on any atom is 0.358 e. The lowest BCUT2D eigenvalue weighted by atomic mass is 10.3. The third-order valence-corrected chi connectivity index (χ3v) is 2.19. The summed E-state index contributed by atoms with van der Waals surface area (Å²) < 4.78 is 1.41.